The van der Waals surface area contributed by atoms with E-state index in [1.54, 1.807) is 11.3 Å². The van der Waals surface area contributed by atoms with Crippen LogP contribution in [0.1, 0.15) is 11.4 Å². The van der Waals surface area contributed by atoms with Gasteiger partial charge in [-0.2, -0.15) is 0 Å². The lowest BCUT2D eigenvalue weighted by molar-refractivity contribution is 1.06. The van der Waals surface area contributed by atoms with Crippen molar-refractivity contribution >= 4 is 37.5 Å². The largest absolute Gasteiger partial charge is 0.365 e. The van der Waals surface area contributed by atoms with Crippen molar-refractivity contribution in [2.75, 3.05) is 5.32 Å². The van der Waals surface area contributed by atoms with E-state index < -0.39 is 0 Å². The summed E-state index contributed by atoms with van der Waals surface area (Å²) >= 11 is 1.72. The Hall–Kier alpha value is -2.46. The minimum atomic E-state index is 0.760. The zero-order chi connectivity index (χ0) is 14.9. The van der Waals surface area contributed by atoms with Crippen molar-refractivity contribution in [2.24, 2.45) is 0 Å². The monoisotopic (exact) mass is 305 g/mol. The molecule has 0 bridgehead atoms. The molecule has 0 radical (unpaired) electrons. The molecular formula is C18H15N3S. The quantitative estimate of drug-likeness (QED) is 0.592. The summed E-state index contributed by atoms with van der Waals surface area (Å²) in [7, 11) is 0. The predicted molar refractivity (Wildman–Crippen MR) is 93.4 cm³/mol. The fourth-order valence-electron chi connectivity index (χ4n) is 2.64. The van der Waals surface area contributed by atoms with Crippen molar-refractivity contribution in [2.45, 2.75) is 13.5 Å². The smallest absolute Gasteiger partial charge is 0.139 e. The van der Waals surface area contributed by atoms with Crippen molar-refractivity contribution in [1.29, 1.82) is 0 Å². The number of nitrogens with zero attached hydrogens (tertiary/aromatic N) is 2. The van der Waals surface area contributed by atoms with Gasteiger partial charge in [0, 0.05) is 16.6 Å². The number of aryl methyl sites for hydroxylation is 1. The lowest BCUT2D eigenvalue weighted by Crippen LogP contribution is -2.03. The van der Waals surface area contributed by atoms with Crippen molar-refractivity contribution in [3.8, 4) is 0 Å². The molecule has 22 heavy (non-hydrogen) atoms. The van der Waals surface area contributed by atoms with Gasteiger partial charge in [-0.3, -0.25) is 0 Å². The maximum absolute atomic E-state index is 4.62. The predicted octanol–water partition coefficient (Wildman–Crippen LogP) is 4.77. The molecule has 0 aliphatic rings. The lowest BCUT2D eigenvalue weighted by Gasteiger charge is -2.08. The van der Waals surface area contributed by atoms with Gasteiger partial charge < -0.3 is 5.32 Å². The van der Waals surface area contributed by atoms with E-state index in [2.05, 4.69) is 63.8 Å². The molecule has 0 saturated heterocycles. The Kier molecular flexibility index (Phi) is 3.24. The molecular weight excluding hydrogens is 290 g/mol. The fraction of sp³-hybridized carbons (Fsp3) is 0.111. The van der Waals surface area contributed by atoms with Crippen LogP contribution in [-0.4, -0.2) is 9.97 Å². The van der Waals surface area contributed by atoms with Crippen molar-refractivity contribution in [1.82, 2.24) is 9.97 Å². The van der Waals surface area contributed by atoms with Gasteiger partial charge >= 0.3 is 0 Å². The minimum absolute atomic E-state index is 0.760. The summed E-state index contributed by atoms with van der Waals surface area (Å²) in [5.41, 5.74) is 1.24. The molecule has 0 amide bonds. The average molecular weight is 305 g/mol. The zero-order valence-corrected chi connectivity index (χ0v) is 13.0. The van der Waals surface area contributed by atoms with Crippen LogP contribution in [0.25, 0.3) is 20.3 Å². The van der Waals surface area contributed by atoms with E-state index in [4.69, 9.17) is 0 Å². The van der Waals surface area contributed by atoms with Gasteiger partial charge in [-0.1, -0.05) is 48.5 Å². The highest BCUT2D eigenvalue weighted by Gasteiger charge is 2.12. The molecule has 1 N–H and O–H groups in total. The minimum Gasteiger partial charge on any atom is -0.365 e. The van der Waals surface area contributed by atoms with E-state index >= 15 is 0 Å². The van der Waals surface area contributed by atoms with Crippen molar-refractivity contribution in [3.05, 3.63) is 66.0 Å². The number of hydrogen-bond donors (Lipinski definition) is 1. The van der Waals surface area contributed by atoms with Gasteiger partial charge in [0.25, 0.3) is 0 Å². The highest BCUT2D eigenvalue weighted by molar-refractivity contribution is 7.25. The van der Waals surface area contributed by atoms with Crippen LogP contribution in [0.3, 0.4) is 0 Å². The maximum Gasteiger partial charge on any atom is 0.139 e. The number of hydrogen-bond acceptors (Lipinski definition) is 4. The second-order valence-corrected chi connectivity index (χ2v) is 6.27. The van der Waals surface area contributed by atoms with Gasteiger partial charge in [0.05, 0.1) is 5.39 Å². The highest BCUT2D eigenvalue weighted by atomic mass is 32.1. The number of nitrogens with one attached hydrogen (secondary N) is 1. The number of thiophene rings is 1. The van der Waals surface area contributed by atoms with Crippen LogP contribution >= 0.6 is 11.3 Å². The van der Waals surface area contributed by atoms with Gasteiger partial charge in [0.2, 0.25) is 0 Å². The van der Waals surface area contributed by atoms with Crippen LogP contribution in [0.2, 0.25) is 0 Å². The first-order valence-corrected chi connectivity index (χ1v) is 8.06. The Morgan fingerprint density at radius 2 is 1.73 bits per heavy atom. The first kappa shape index (κ1) is 13.2. The Balaban J connectivity index is 1.82. The molecule has 2 aromatic carbocycles. The summed E-state index contributed by atoms with van der Waals surface area (Å²) in [5, 5.41) is 5.83. The Morgan fingerprint density at radius 1 is 0.955 bits per heavy atom. The van der Waals surface area contributed by atoms with Gasteiger partial charge in [0.1, 0.15) is 16.5 Å². The third kappa shape index (κ3) is 2.31. The third-order valence-electron chi connectivity index (χ3n) is 3.65. The van der Waals surface area contributed by atoms with Gasteiger partial charge in [-0.25, -0.2) is 9.97 Å². The molecule has 0 spiro atoms. The van der Waals surface area contributed by atoms with Crippen LogP contribution in [-0.2, 0) is 6.54 Å². The van der Waals surface area contributed by atoms with Crippen LogP contribution in [0, 0.1) is 6.92 Å². The molecule has 0 atom stereocenters. The summed E-state index contributed by atoms with van der Waals surface area (Å²) in [6.45, 7) is 2.70. The number of benzene rings is 2. The van der Waals surface area contributed by atoms with Crippen LogP contribution in [0.5, 0.6) is 0 Å². The van der Waals surface area contributed by atoms with E-state index in [-0.39, 0.29) is 0 Å². The SMILES string of the molecule is Cc1nc(NCc2ccccc2)c2c(n1)sc1ccccc12. The van der Waals surface area contributed by atoms with E-state index in [1.807, 2.05) is 13.0 Å². The van der Waals surface area contributed by atoms with Crippen LogP contribution in [0.15, 0.2) is 54.6 Å². The first-order valence-electron chi connectivity index (χ1n) is 7.25. The molecule has 3 nitrogen and oxygen atoms in total. The molecule has 0 aliphatic carbocycles. The van der Waals surface area contributed by atoms with Crippen molar-refractivity contribution in [3.63, 3.8) is 0 Å². The fourth-order valence-corrected chi connectivity index (χ4v) is 3.76. The second kappa shape index (κ2) is 5.39. The molecule has 4 heteroatoms. The van der Waals surface area contributed by atoms with Crippen molar-refractivity contribution < 1.29 is 0 Å². The van der Waals surface area contributed by atoms with Gasteiger partial charge in [0.15, 0.2) is 0 Å². The second-order valence-electron chi connectivity index (χ2n) is 5.24. The van der Waals surface area contributed by atoms with Gasteiger partial charge in [-0.15, -0.1) is 11.3 Å². The van der Waals surface area contributed by atoms with Gasteiger partial charge in [-0.05, 0) is 18.6 Å². The Labute approximate surface area is 132 Å². The molecule has 0 unspecified atom stereocenters. The van der Waals surface area contributed by atoms with E-state index in [9.17, 15) is 0 Å². The molecule has 0 saturated carbocycles. The number of fused-ring (bicyclic) bond motifs is 3. The number of rotatable bonds is 3. The summed E-state index contributed by atoms with van der Waals surface area (Å²) in [4.78, 5) is 10.3. The van der Waals surface area contributed by atoms with E-state index in [0.717, 1.165) is 28.4 Å². The third-order valence-corrected chi connectivity index (χ3v) is 4.72. The molecule has 4 rings (SSSR count). The molecule has 0 fully saturated rings. The molecule has 2 aromatic heterocycles. The summed E-state index contributed by atoms with van der Waals surface area (Å²) in [6.07, 6.45) is 0. The maximum atomic E-state index is 4.62. The summed E-state index contributed by atoms with van der Waals surface area (Å²) in [6, 6.07) is 18.8. The normalized spacial score (nSPS) is 11.1. The molecule has 2 heterocycles. The Bertz CT molecular complexity index is 945. The summed E-state index contributed by atoms with van der Waals surface area (Å²) < 4.78 is 1.25. The topological polar surface area (TPSA) is 37.8 Å². The Morgan fingerprint density at radius 3 is 2.59 bits per heavy atom. The van der Waals surface area contributed by atoms with E-state index in [0.29, 0.717) is 0 Å². The molecule has 4 aromatic rings. The van der Waals surface area contributed by atoms with Crippen LogP contribution in [0.4, 0.5) is 5.82 Å². The summed E-state index contributed by atoms with van der Waals surface area (Å²) in [5.74, 6) is 1.72. The van der Waals surface area contributed by atoms with E-state index in [1.165, 1.54) is 15.6 Å². The highest BCUT2D eigenvalue weighted by Crippen LogP contribution is 2.36. The lowest BCUT2D eigenvalue weighted by atomic mass is 10.2. The number of aromatic nitrogens is 2. The standard InChI is InChI=1S/C18H15N3S/c1-12-20-17(19-11-13-7-3-2-4-8-13)16-14-9-5-6-10-15(14)22-18(16)21-12/h2-10H,11H2,1H3,(H,19,20,21). The number of anilines is 1. The zero-order valence-electron chi connectivity index (χ0n) is 12.2. The molecule has 108 valence electrons. The average Bonchev–Trinajstić information content (AvgIpc) is 2.91. The first-order chi connectivity index (χ1) is 10.8. The molecule has 0 aliphatic heterocycles. The van der Waals surface area contributed by atoms with Crippen LogP contribution < -0.4 is 5.32 Å².